The summed E-state index contributed by atoms with van der Waals surface area (Å²) in [6, 6.07) is 9.16. The fourth-order valence-electron chi connectivity index (χ4n) is 3.37. The molecule has 132 valence electrons. The molecule has 1 amide bonds. The van der Waals surface area contributed by atoms with Crippen molar-refractivity contribution in [1.29, 1.82) is 0 Å². The highest BCUT2D eigenvalue weighted by atomic mass is 19.3. The summed E-state index contributed by atoms with van der Waals surface area (Å²) in [6.07, 6.45) is 3.55. The molecule has 1 aliphatic heterocycles. The minimum absolute atomic E-state index is 0.130. The van der Waals surface area contributed by atoms with Crippen molar-refractivity contribution in [2.45, 2.75) is 25.5 Å². The van der Waals surface area contributed by atoms with Gasteiger partial charge in [0.15, 0.2) is 11.5 Å². The van der Waals surface area contributed by atoms with Crippen LogP contribution in [0.25, 0.3) is 0 Å². The zero-order valence-corrected chi connectivity index (χ0v) is 13.9. The number of rotatable bonds is 4. The molecule has 0 aromatic heterocycles. The molecule has 0 saturated carbocycles. The van der Waals surface area contributed by atoms with Crippen molar-refractivity contribution in [2.24, 2.45) is 16.6 Å². The molecule has 25 heavy (non-hydrogen) atoms. The van der Waals surface area contributed by atoms with E-state index in [0.29, 0.717) is 17.6 Å². The minimum atomic E-state index is -2.89. The highest BCUT2D eigenvalue weighted by Gasteiger charge is 2.53. The summed E-state index contributed by atoms with van der Waals surface area (Å²) < 4.78 is 29.5. The summed E-state index contributed by atoms with van der Waals surface area (Å²) in [6.45, 7) is -1.18. The third-order valence-corrected chi connectivity index (χ3v) is 4.66. The van der Waals surface area contributed by atoms with Crippen LogP contribution in [0.2, 0.25) is 0 Å². The van der Waals surface area contributed by atoms with E-state index < -0.39 is 12.2 Å². The van der Waals surface area contributed by atoms with Gasteiger partial charge in [-0.3, -0.25) is 9.69 Å². The first kappa shape index (κ1) is 17.1. The first-order chi connectivity index (χ1) is 11.9. The van der Waals surface area contributed by atoms with E-state index in [0.717, 1.165) is 0 Å². The summed E-state index contributed by atoms with van der Waals surface area (Å²) in [5, 5.41) is 0. The second-order valence-electron chi connectivity index (χ2n) is 6.16. The molecule has 2 atom stereocenters. The van der Waals surface area contributed by atoms with Crippen LogP contribution in [-0.2, 0) is 15.1 Å². The molecule has 0 radical (unpaired) electrons. The lowest BCUT2D eigenvalue weighted by Gasteiger charge is -2.34. The van der Waals surface area contributed by atoms with Crippen molar-refractivity contribution in [1.82, 2.24) is 4.90 Å². The van der Waals surface area contributed by atoms with Crippen molar-refractivity contribution in [2.75, 3.05) is 7.05 Å². The van der Waals surface area contributed by atoms with Crippen LogP contribution in [0.5, 0.6) is 0 Å². The Morgan fingerprint density at radius 3 is 2.56 bits per heavy atom. The van der Waals surface area contributed by atoms with Gasteiger partial charge in [-0.1, -0.05) is 36.4 Å². The number of nitrogens with two attached hydrogens (primary N) is 1. The van der Waals surface area contributed by atoms with Crippen LogP contribution in [0.3, 0.4) is 0 Å². The molecule has 0 fully saturated rings. The lowest BCUT2D eigenvalue weighted by Crippen LogP contribution is -2.44. The molecule has 2 N–H and O–H groups in total. The number of nitrogens with zero attached hydrogens (tertiary/aromatic N) is 2. The molecule has 1 aliphatic carbocycles. The van der Waals surface area contributed by atoms with Crippen molar-refractivity contribution >= 4 is 11.9 Å². The Bertz CT molecular complexity index is 774. The summed E-state index contributed by atoms with van der Waals surface area (Å²) in [4.78, 5) is 18.9. The molecular weight excluding hydrogens is 328 g/mol. The number of carbonyl (C=O) groups is 1. The van der Waals surface area contributed by atoms with Gasteiger partial charge < -0.3 is 10.5 Å². The Morgan fingerprint density at radius 2 is 2.04 bits per heavy atom. The molecule has 0 saturated heterocycles. The zero-order valence-electron chi connectivity index (χ0n) is 13.9. The summed E-state index contributed by atoms with van der Waals surface area (Å²) in [5.74, 6) is -0.323. The Morgan fingerprint density at radius 1 is 1.36 bits per heavy atom. The maximum atomic E-state index is 13.0. The SMILES string of the molecule is CC1=C(OC(F)F)C=CC([C@]2(c3ccccc3)N=C(N)N(C)C2=O)C1. The van der Waals surface area contributed by atoms with Crippen LogP contribution in [0.1, 0.15) is 18.9 Å². The molecule has 1 heterocycles. The van der Waals surface area contributed by atoms with E-state index in [2.05, 4.69) is 9.73 Å². The second-order valence-corrected chi connectivity index (χ2v) is 6.16. The number of likely N-dealkylation sites (N-methyl/N-ethyl adjacent to an activating group) is 1. The van der Waals surface area contributed by atoms with E-state index in [1.54, 1.807) is 20.0 Å². The number of benzene rings is 1. The van der Waals surface area contributed by atoms with Gasteiger partial charge in [0.1, 0.15) is 5.76 Å². The molecule has 0 spiro atoms. The van der Waals surface area contributed by atoms with E-state index in [4.69, 9.17) is 5.73 Å². The van der Waals surface area contributed by atoms with Gasteiger partial charge in [-0.25, -0.2) is 4.99 Å². The molecule has 2 aliphatic rings. The predicted octanol–water partition coefficient (Wildman–Crippen LogP) is 2.76. The van der Waals surface area contributed by atoms with Gasteiger partial charge in [0.25, 0.3) is 5.91 Å². The van der Waals surface area contributed by atoms with Gasteiger partial charge in [-0.15, -0.1) is 0 Å². The monoisotopic (exact) mass is 347 g/mol. The number of carbonyl (C=O) groups excluding carboxylic acids is 1. The first-order valence-corrected chi connectivity index (χ1v) is 7.88. The van der Waals surface area contributed by atoms with Crippen molar-refractivity contribution in [3.05, 3.63) is 59.4 Å². The van der Waals surface area contributed by atoms with Gasteiger partial charge in [-0.2, -0.15) is 8.78 Å². The fourth-order valence-corrected chi connectivity index (χ4v) is 3.37. The van der Waals surface area contributed by atoms with E-state index >= 15 is 0 Å². The summed E-state index contributed by atoms with van der Waals surface area (Å²) in [5.41, 5.74) is 6.06. The number of aliphatic imine (C=N–C) groups is 1. The highest BCUT2D eigenvalue weighted by Crippen LogP contribution is 2.44. The Labute approximate surface area is 144 Å². The molecule has 1 aromatic rings. The van der Waals surface area contributed by atoms with Crippen LogP contribution in [0.15, 0.2) is 58.8 Å². The lowest BCUT2D eigenvalue weighted by molar-refractivity contribution is -0.132. The summed E-state index contributed by atoms with van der Waals surface area (Å²) in [7, 11) is 1.58. The van der Waals surface area contributed by atoms with Gasteiger partial charge in [0.2, 0.25) is 0 Å². The molecule has 7 heteroatoms. The molecule has 1 aromatic carbocycles. The topological polar surface area (TPSA) is 67.9 Å². The molecular formula is C18H19F2N3O2. The maximum Gasteiger partial charge on any atom is 0.387 e. The number of hydrogen-bond acceptors (Lipinski definition) is 4. The average molecular weight is 347 g/mol. The van der Waals surface area contributed by atoms with Crippen molar-refractivity contribution < 1.29 is 18.3 Å². The molecule has 5 nitrogen and oxygen atoms in total. The smallest absolute Gasteiger partial charge is 0.387 e. The number of hydrogen-bond donors (Lipinski definition) is 1. The van der Waals surface area contributed by atoms with Crippen LogP contribution >= 0.6 is 0 Å². The van der Waals surface area contributed by atoms with Crippen LogP contribution < -0.4 is 5.73 Å². The number of guanidine groups is 1. The van der Waals surface area contributed by atoms with Crippen molar-refractivity contribution in [3.8, 4) is 0 Å². The van der Waals surface area contributed by atoms with Crippen LogP contribution in [0.4, 0.5) is 8.78 Å². The number of halogens is 2. The van der Waals surface area contributed by atoms with Gasteiger partial charge in [0.05, 0.1) is 0 Å². The average Bonchev–Trinajstić information content (AvgIpc) is 2.82. The normalized spacial score (nSPS) is 26.4. The molecule has 3 rings (SSSR count). The van der Waals surface area contributed by atoms with Crippen LogP contribution in [0, 0.1) is 5.92 Å². The van der Waals surface area contributed by atoms with E-state index in [1.807, 2.05) is 30.3 Å². The molecule has 0 bridgehead atoms. The van der Waals surface area contributed by atoms with E-state index in [1.165, 1.54) is 11.0 Å². The number of alkyl halides is 2. The van der Waals surface area contributed by atoms with Gasteiger partial charge >= 0.3 is 6.61 Å². The van der Waals surface area contributed by atoms with Crippen molar-refractivity contribution in [3.63, 3.8) is 0 Å². The first-order valence-electron chi connectivity index (χ1n) is 7.88. The number of allylic oxidation sites excluding steroid dienone is 2. The molecule has 1 unspecified atom stereocenters. The van der Waals surface area contributed by atoms with Gasteiger partial charge in [0, 0.05) is 13.0 Å². The lowest BCUT2D eigenvalue weighted by atomic mass is 9.73. The Balaban J connectivity index is 2.04. The second kappa shape index (κ2) is 6.31. The van der Waals surface area contributed by atoms with Gasteiger partial charge in [-0.05, 0) is 30.6 Å². The predicted molar refractivity (Wildman–Crippen MR) is 89.5 cm³/mol. The fraction of sp³-hybridized carbons (Fsp3) is 0.333. The Hall–Kier alpha value is -2.70. The standard InChI is InChI=1S/C18H19F2N3O2/c1-11-10-13(8-9-14(11)25-16(19)20)18(12-6-4-3-5-7-12)15(24)23(2)17(21)22-18/h3-9,13,16H,10H2,1-2H3,(H2,21,22)/t13?,18-/m0/s1. The third-order valence-electron chi connectivity index (χ3n) is 4.66. The van der Waals surface area contributed by atoms with E-state index in [-0.39, 0.29) is 23.5 Å². The number of amides is 1. The minimum Gasteiger partial charge on any atom is -0.435 e. The third kappa shape index (κ3) is 2.79. The quantitative estimate of drug-likeness (QED) is 0.911. The maximum absolute atomic E-state index is 13.0. The van der Waals surface area contributed by atoms with Crippen LogP contribution in [-0.4, -0.2) is 30.4 Å². The zero-order chi connectivity index (χ0) is 18.2. The van der Waals surface area contributed by atoms with E-state index in [9.17, 15) is 13.6 Å². The number of ether oxygens (including phenoxy) is 1. The highest BCUT2D eigenvalue weighted by molar-refractivity contribution is 6.07. The largest absolute Gasteiger partial charge is 0.435 e. The summed E-state index contributed by atoms with van der Waals surface area (Å²) >= 11 is 0. The Kier molecular flexibility index (Phi) is 4.32.